The van der Waals surface area contributed by atoms with Crippen molar-refractivity contribution in [2.45, 2.75) is 12.8 Å². The Kier molecular flexibility index (Phi) is 4.17. The first-order chi connectivity index (χ1) is 6.77. The van der Waals surface area contributed by atoms with Crippen LogP contribution in [0.3, 0.4) is 0 Å². The summed E-state index contributed by atoms with van der Waals surface area (Å²) >= 11 is 0. The average molecular weight is 193 g/mol. The molecule has 0 aromatic heterocycles. The molecule has 1 radical (unpaired) electrons. The van der Waals surface area contributed by atoms with Crippen LogP contribution in [0.1, 0.15) is 12.0 Å². The third kappa shape index (κ3) is 2.87. The molecule has 0 unspecified atom stereocenters. The Hall–Kier alpha value is -1.31. The van der Waals surface area contributed by atoms with Gasteiger partial charge in [0.2, 0.25) is 0 Å². The minimum Gasteiger partial charge on any atom is -0.490 e. The zero-order chi connectivity index (χ0) is 10.4. The second-order valence-electron chi connectivity index (χ2n) is 2.96. The van der Waals surface area contributed by atoms with E-state index >= 15 is 0 Å². The summed E-state index contributed by atoms with van der Waals surface area (Å²) in [4.78, 5) is 0. The Morgan fingerprint density at radius 3 is 2.86 bits per heavy atom. The third-order valence-electron chi connectivity index (χ3n) is 1.83. The fourth-order valence-electron chi connectivity index (χ4n) is 1.18. The molecule has 0 aliphatic rings. The van der Waals surface area contributed by atoms with Crippen molar-refractivity contribution in [2.24, 2.45) is 0 Å². The van der Waals surface area contributed by atoms with Gasteiger partial charge in [-0.2, -0.15) is 0 Å². The summed E-state index contributed by atoms with van der Waals surface area (Å²) in [6, 6.07) is 4.75. The van der Waals surface area contributed by atoms with Gasteiger partial charge in [0.25, 0.3) is 0 Å². The van der Waals surface area contributed by atoms with Gasteiger partial charge in [-0.15, -0.1) is 0 Å². The fraction of sp³-hybridized carbons (Fsp3) is 0.250. The van der Waals surface area contributed by atoms with E-state index in [-0.39, 0.29) is 5.82 Å². The molecule has 0 saturated carbocycles. The minimum atomic E-state index is -0.195. The van der Waals surface area contributed by atoms with Gasteiger partial charge in [-0.05, 0) is 36.6 Å². The molecule has 0 aliphatic carbocycles. The summed E-state index contributed by atoms with van der Waals surface area (Å²) in [6.45, 7) is 7.67. The molecule has 1 rings (SSSR count). The van der Waals surface area contributed by atoms with Crippen molar-refractivity contribution in [3.05, 3.63) is 49.2 Å². The predicted molar refractivity (Wildman–Crippen MR) is 55.8 cm³/mol. The zero-order valence-electron chi connectivity index (χ0n) is 8.13. The van der Waals surface area contributed by atoms with Crippen LogP contribution in [0, 0.1) is 12.7 Å². The summed E-state index contributed by atoms with van der Waals surface area (Å²) in [6.07, 6.45) is 2.98. The van der Waals surface area contributed by atoms with Crippen LogP contribution < -0.4 is 4.74 Å². The van der Waals surface area contributed by atoms with Crippen LogP contribution in [0.15, 0.2) is 30.9 Å². The highest BCUT2D eigenvalue weighted by Gasteiger charge is 2.02. The van der Waals surface area contributed by atoms with Crippen molar-refractivity contribution in [2.75, 3.05) is 6.61 Å². The number of hydrogen-bond acceptors (Lipinski definition) is 1. The van der Waals surface area contributed by atoms with Gasteiger partial charge in [-0.25, -0.2) is 4.39 Å². The maximum atomic E-state index is 13.2. The van der Waals surface area contributed by atoms with Gasteiger partial charge in [-0.3, -0.25) is 0 Å². The summed E-state index contributed by atoms with van der Waals surface area (Å²) in [5, 5.41) is 0. The highest BCUT2D eigenvalue weighted by Crippen LogP contribution is 2.18. The van der Waals surface area contributed by atoms with E-state index in [2.05, 4.69) is 13.5 Å². The first-order valence-corrected chi connectivity index (χ1v) is 4.59. The van der Waals surface area contributed by atoms with E-state index in [4.69, 9.17) is 4.74 Å². The van der Waals surface area contributed by atoms with E-state index in [1.54, 1.807) is 18.2 Å². The molecule has 1 aromatic carbocycles. The molecule has 0 spiro atoms. The molecule has 75 valence electrons. The van der Waals surface area contributed by atoms with Crippen molar-refractivity contribution in [3.8, 4) is 5.75 Å². The van der Waals surface area contributed by atoms with Crippen molar-refractivity contribution in [1.82, 2.24) is 0 Å². The lowest BCUT2D eigenvalue weighted by molar-refractivity contribution is 0.362. The standard InChI is InChI=1S/C12H14FO/c1-3-5-10-9-11(14-8-4-2)6-7-12(10)13/h4,6-7,9H,1-3,5,8H2. The molecule has 0 atom stereocenters. The fourth-order valence-corrected chi connectivity index (χ4v) is 1.18. The number of benzene rings is 1. The largest absolute Gasteiger partial charge is 0.490 e. The molecule has 1 aromatic rings. The van der Waals surface area contributed by atoms with Crippen LogP contribution >= 0.6 is 0 Å². The second-order valence-corrected chi connectivity index (χ2v) is 2.96. The van der Waals surface area contributed by atoms with Crippen LogP contribution in [0.4, 0.5) is 4.39 Å². The molecule has 0 amide bonds. The third-order valence-corrected chi connectivity index (χ3v) is 1.83. The summed E-state index contributed by atoms with van der Waals surface area (Å²) < 4.78 is 18.5. The Bertz CT molecular complexity index is 307. The summed E-state index contributed by atoms with van der Waals surface area (Å²) in [7, 11) is 0. The maximum absolute atomic E-state index is 13.2. The molecule has 0 aliphatic heterocycles. The lowest BCUT2D eigenvalue weighted by Gasteiger charge is -2.06. The molecule has 0 saturated heterocycles. The normalized spacial score (nSPS) is 9.86. The maximum Gasteiger partial charge on any atom is 0.126 e. The molecule has 2 heteroatoms. The number of aryl methyl sites for hydroxylation is 1. The highest BCUT2D eigenvalue weighted by molar-refractivity contribution is 5.30. The molecule has 0 N–H and O–H groups in total. The van der Waals surface area contributed by atoms with Gasteiger partial charge in [0.1, 0.15) is 18.2 Å². The van der Waals surface area contributed by atoms with Crippen LogP contribution in [0.2, 0.25) is 0 Å². The summed E-state index contributed by atoms with van der Waals surface area (Å²) in [5.74, 6) is 0.481. The van der Waals surface area contributed by atoms with Gasteiger partial charge in [0.15, 0.2) is 0 Å². The Morgan fingerprint density at radius 1 is 1.43 bits per heavy atom. The molecule has 14 heavy (non-hydrogen) atoms. The van der Waals surface area contributed by atoms with Crippen molar-refractivity contribution >= 4 is 0 Å². The minimum absolute atomic E-state index is 0.195. The van der Waals surface area contributed by atoms with Gasteiger partial charge >= 0.3 is 0 Å². The Labute approximate surface area is 84.2 Å². The first-order valence-electron chi connectivity index (χ1n) is 4.59. The first kappa shape index (κ1) is 10.8. The molecule has 1 nitrogen and oxygen atoms in total. The summed E-state index contributed by atoms with van der Waals surface area (Å²) in [5.41, 5.74) is 0.654. The molecule has 0 fully saturated rings. The number of rotatable bonds is 5. The van der Waals surface area contributed by atoms with Crippen molar-refractivity contribution < 1.29 is 9.13 Å². The zero-order valence-corrected chi connectivity index (χ0v) is 8.13. The van der Waals surface area contributed by atoms with Crippen LogP contribution in [-0.2, 0) is 6.42 Å². The van der Waals surface area contributed by atoms with Gasteiger partial charge in [-0.1, -0.05) is 19.6 Å². The van der Waals surface area contributed by atoms with Gasteiger partial charge < -0.3 is 4.74 Å². The van der Waals surface area contributed by atoms with E-state index in [1.807, 2.05) is 0 Å². The van der Waals surface area contributed by atoms with E-state index in [9.17, 15) is 4.39 Å². The smallest absolute Gasteiger partial charge is 0.126 e. The lowest BCUT2D eigenvalue weighted by atomic mass is 10.1. The van der Waals surface area contributed by atoms with Crippen LogP contribution in [-0.4, -0.2) is 6.61 Å². The average Bonchev–Trinajstić information content (AvgIpc) is 2.19. The second kappa shape index (κ2) is 5.43. The predicted octanol–water partition coefficient (Wildman–Crippen LogP) is 3.16. The van der Waals surface area contributed by atoms with Gasteiger partial charge in [0.05, 0.1) is 0 Å². The van der Waals surface area contributed by atoms with E-state index in [1.165, 1.54) is 6.07 Å². The van der Waals surface area contributed by atoms with Crippen LogP contribution in [0.25, 0.3) is 0 Å². The molecular weight excluding hydrogens is 179 g/mol. The number of hydrogen-bond donors (Lipinski definition) is 0. The Morgan fingerprint density at radius 2 is 2.21 bits per heavy atom. The topological polar surface area (TPSA) is 9.23 Å². The van der Waals surface area contributed by atoms with E-state index in [0.29, 0.717) is 30.8 Å². The molecular formula is C12H14FO. The monoisotopic (exact) mass is 193 g/mol. The van der Waals surface area contributed by atoms with Crippen LogP contribution in [0.5, 0.6) is 5.75 Å². The highest BCUT2D eigenvalue weighted by atomic mass is 19.1. The SMILES string of the molecule is [CH2]CCc1cc(OCC=C)ccc1F. The van der Waals surface area contributed by atoms with Crippen molar-refractivity contribution in [3.63, 3.8) is 0 Å². The van der Waals surface area contributed by atoms with E-state index in [0.717, 1.165) is 0 Å². The number of ether oxygens (including phenoxy) is 1. The quantitative estimate of drug-likeness (QED) is 0.653. The van der Waals surface area contributed by atoms with Gasteiger partial charge in [0, 0.05) is 0 Å². The molecule has 0 bridgehead atoms. The Balaban J connectivity index is 2.77. The number of halogens is 1. The lowest BCUT2D eigenvalue weighted by Crippen LogP contribution is -1.96. The van der Waals surface area contributed by atoms with Crippen molar-refractivity contribution in [1.29, 1.82) is 0 Å². The molecule has 0 heterocycles. The van der Waals surface area contributed by atoms with E-state index < -0.39 is 0 Å².